The molecule has 0 amide bonds. The van der Waals surface area contributed by atoms with Gasteiger partial charge in [0.25, 0.3) is 0 Å². The van der Waals surface area contributed by atoms with E-state index < -0.39 is 5.41 Å². The molecule has 0 saturated carbocycles. The molecule has 1 heterocycles. The van der Waals surface area contributed by atoms with Gasteiger partial charge in [0.2, 0.25) is 0 Å². The predicted molar refractivity (Wildman–Crippen MR) is 270 cm³/mol. The molecule has 11 aromatic rings. The van der Waals surface area contributed by atoms with Crippen LogP contribution in [0.1, 0.15) is 22.3 Å². The third-order valence-corrected chi connectivity index (χ3v) is 14.6. The molecular formula is C61H40N2S. The summed E-state index contributed by atoms with van der Waals surface area (Å²) in [5.74, 6) is 0. The van der Waals surface area contributed by atoms with Crippen molar-refractivity contribution in [2.45, 2.75) is 5.41 Å². The number of fused-ring (bicyclic) bond motifs is 13. The van der Waals surface area contributed by atoms with E-state index in [2.05, 4.69) is 252 Å². The summed E-state index contributed by atoms with van der Waals surface area (Å²) >= 11 is 1.93. The molecule has 0 bridgehead atoms. The van der Waals surface area contributed by atoms with Crippen LogP contribution in [0.4, 0.5) is 34.1 Å². The average Bonchev–Trinajstić information content (AvgIpc) is 3.99. The first-order chi connectivity index (χ1) is 31.8. The number of hydrogen-bond donors (Lipinski definition) is 0. The van der Waals surface area contributed by atoms with E-state index in [1.807, 2.05) is 11.3 Å². The van der Waals surface area contributed by atoms with E-state index in [1.165, 1.54) is 81.5 Å². The fraction of sp³-hybridized carbons (Fsp3) is 0.0164. The largest absolute Gasteiger partial charge is 0.310 e. The maximum Gasteiger partial charge on any atom is 0.0740 e. The topological polar surface area (TPSA) is 6.48 Å². The molecule has 0 saturated heterocycles. The molecule has 0 aliphatic heterocycles. The SMILES string of the molecule is c1ccc(-c2ccc(N(c3ccccc3)c3ccc4c(c3)-c3sc5ccccc5c3C43c4ccccc4-c4c(N(c5ccccc5)c5cccc6ccccc56)cccc43)cc2)cc1. The zero-order chi connectivity index (χ0) is 42.2. The number of thiophene rings is 1. The van der Waals surface area contributed by atoms with Crippen LogP contribution >= 0.6 is 11.3 Å². The van der Waals surface area contributed by atoms with Gasteiger partial charge in [0.15, 0.2) is 0 Å². The minimum Gasteiger partial charge on any atom is -0.310 e. The molecule has 0 N–H and O–H groups in total. The van der Waals surface area contributed by atoms with Gasteiger partial charge in [-0.25, -0.2) is 0 Å². The predicted octanol–water partition coefficient (Wildman–Crippen LogP) is 17.0. The fourth-order valence-corrected chi connectivity index (χ4v) is 12.1. The normalized spacial score (nSPS) is 14.3. The molecule has 300 valence electrons. The lowest BCUT2D eigenvalue weighted by molar-refractivity contribution is 0.802. The van der Waals surface area contributed by atoms with Gasteiger partial charge in [-0.15, -0.1) is 11.3 Å². The number of anilines is 6. The lowest BCUT2D eigenvalue weighted by Crippen LogP contribution is -2.26. The Labute approximate surface area is 377 Å². The molecule has 13 rings (SSSR count). The molecule has 1 aromatic heterocycles. The van der Waals surface area contributed by atoms with Crippen molar-refractivity contribution in [2.75, 3.05) is 9.80 Å². The van der Waals surface area contributed by atoms with Gasteiger partial charge in [0.05, 0.1) is 16.8 Å². The molecule has 2 nitrogen and oxygen atoms in total. The Morgan fingerprint density at radius 3 is 1.69 bits per heavy atom. The molecule has 0 radical (unpaired) electrons. The second kappa shape index (κ2) is 14.6. The third-order valence-electron chi connectivity index (χ3n) is 13.4. The van der Waals surface area contributed by atoms with Crippen LogP contribution in [0.2, 0.25) is 0 Å². The van der Waals surface area contributed by atoms with E-state index in [-0.39, 0.29) is 0 Å². The fourth-order valence-electron chi connectivity index (χ4n) is 10.8. The van der Waals surface area contributed by atoms with Crippen molar-refractivity contribution < 1.29 is 0 Å². The molecule has 2 aliphatic carbocycles. The number of nitrogens with zero attached hydrogens (tertiary/aromatic N) is 2. The van der Waals surface area contributed by atoms with E-state index in [9.17, 15) is 0 Å². The van der Waals surface area contributed by atoms with Crippen molar-refractivity contribution in [3.05, 3.63) is 265 Å². The van der Waals surface area contributed by atoms with E-state index in [4.69, 9.17) is 0 Å². The van der Waals surface area contributed by atoms with Gasteiger partial charge in [-0.1, -0.05) is 176 Å². The second-order valence-corrected chi connectivity index (χ2v) is 17.8. The van der Waals surface area contributed by atoms with Gasteiger partial charge < -0.3 is 9.80 Å². The maximum atomic E-state index is 2.49. The van der Waals surface area contributed by atoms with Gasteiger partial charge >= 0.3 is 0 Å². The summed E-state index contributed by atoms with van der Waals surface area (Å²) in [4.78, 5) is 6.24. The van der Waals surface area contributed by atoms with E-state index in [1.54, 1.807) is 0 Å². The minimum absolute atomic E-state index is 0.541. The summed E-state index contributed by atoms with van der Waals surface area (Å²) in [6.45, 7) is 0. The van der Waals surface area contributed by atoms with Crippen LogP contribution in [0.3, 0.4) is 0 Å². The van der Waals surface area contributed by atoms with E-state index >= 15 is 0 Å². The van der Waals surface area contributed by atoms with Crippen molar-refractivity contribution in [1.29, 1.82) is 0 Å². The quantitative estimate of drug-likeness (QED) is 0.158. The smallest absolute Gasteiger partial charge is 0.0740 e. The Bertz CT molecular complexity index is 3550. The van der Waals surface area contributed by atoms with Crippen LogP contribution in [-0.4, -0.2) is 0 Å². The standard InChI is InChI=1S/C61H40N2S/c1-4-18-41(19-5-1)42-34-36-46(37-35-42)62(44-22-6-2-7-23-44)47-38-39-53-51(40-47)60-59(50-28-13-15-33-57(50)64-60)61(53)52-29-14-12-27-49(52)58-54(61)30-17-32-56(58)63(45-24-8-3-9-25-45)55-31-16-21-43-20-10-11-26-48(43)55/h1-40H. The first-order valence-electron chi connectivity index (χ1n) is 22.0. The van der Waals surface area contributed by atoms with Gasteiger partial charge in [0.1, 0.15) is 0 Å². The minimum atomic E-state index is -0.541. The molecule has 1 atom stereocenters. The number of para-hydroxylation sites is 2. The van der Waals surface area contributed by atoms with Crippen LogP contribution in [0.5, 0.6) is 0 Å². The first-order valence-corrected chi connectivity index (χ1v) is 22.8. The number of benzene rings is 10. The lowest BCUT2D eigenvalue weighted by Gasteiger charge is -2.32. The van der Waals surface area contributed by atoms with Crippen LogP contribution in [0.25, 0.3) is 53.6 Å². The van der Waals surface area contributed by atoms with Crippen molar-refractivity contribution in [2.24, 2.45) is 0 Å². The number of rotatable bonds is 7. The van der Waals surface area contributed by atoms with Gasteiger partial charge in [0, 0.05) is 43.3 Å². The molecular weight excluding hydrogens is 793 g/mol. The van der Waals surface area contributed by atoms with Gasteiger partial charge in [-0.3, -0.25) is 0 Å². The highest BCUT2D eigenvalue weighted by Gasteiger charge is 2.54. The molecule has 3 heteroatoms. The summed E-state index contributed by atoms with van der Waals surface area (Å²) < 4.78 is 1.31. The lowest BCUT2D eigenvalue weighted by atomic mass is 9.70. The van der Waals surface area contributed by atoms with Crippen LogP contribution < -0.4 is 9.80 Å². The van der Waals surface area contributed by atoms with Crippen molar-refractivity contribution in [3.8, 4) is 32.7 Å². The summed E-state index contributed by atoms with van der Waals surface area (Å²) in [6, 6.07) is 89.3. The van der Waals surface area contributed by atoms with Crippen LogP contribution in [-0.2, 0) is 5.41 Å². The Kier molecular flexibility index (Phi) is 8.34. The molecule has 64 heavy (non-hydrogen) atoms. The van der Waals surface area contributed by atoms with Crippen LogP contribution in [0, 0.1) is 0 Å². The molecule has 1 spiro atoms. The van der Waals surface area contributed by atoms with E-state index in [0.29, 0.717) is 0 Å². The van der Waals surface area contributed by atoms with Gasteiger partial charge in [-0.2, -0.15) is 0 Å². The highest BCUT2D eigenvalue weighted by molar-refractivity contribution is 7.22. The maximum absolute atomic E-state index is 2.49. The average molecular weight is 833 g/mol. The third kappa shape index (κ3) is 5.38. The second-order valence-electron chi connectivity index (χ2n) is 16.8. The first kappa shape index (κ1) is 36.7. The Hall–Kier alpha value is -7.98. The molecule has 0 fully saturated rings. The summed E-state index contributed by atoms with van der Waals surface area (Å²) in [5, 5.41) is 3.76. The van der Waals surface area contributed by atoms with Crippen molar-refractivity contribution >= 4 is 66.3 Å². The summed E-state index contributed by atoms with van der Waals surface area (Å²) in [5.41, 5.74) is 17.9. The Balaban J connectivity index is 1.07. The number of hydrogen-bond acceptors (Lipinski definition) is 3. The molecule has 10 aromatic carbocycles. The highest BCUT2D eigenvalue weighted by atomic mass is 32.1. The van der Waals surface area contributed by atoms with Gasteiger partial charge in [-0.05, 0) is 122 Å². The zero-order valence-electron chi connectivity index (χ0n) is 34.9. The summed E-state index contributed by atoms with van der Waals surface area (Å²) in [6.07, 6.45) is 0. The Morgan fingerprint density at radius 1 is 0.344 bits per heavy atom. The monoisotopic (exact) mass is 832 g/mol. The van der Waals surface area contributed by atoms with Crippen molar-refractivity contribution in [3.63, 3.8) is 0 Å². The van der Waals surface area contributed by atoms with Crippen LogP contribution in [0.15, 0.2) is 243 Å². The van der Waals surface area contributed by atoms with E-state index in [0.717, 1.165) is 28.4 Å². The molecule has 2 aliphatic rings. The van der Waals surface area contributed by atoms with Crippen molar-refractivity contribution in [1.82, 2.24) is 0 Å². The molecule has 1 unspecified atom stereocenters. The summed E-state index contributed by atoms with van der Waals surface area (Å²) in [7, 11) is 0. The zero-order valence-corrected chi connectivity index (χ0v) is 35.7. The Morgan fingerprint density at radius 2 is 0.891 bits per heavy atom. The highest BCUT2D eigenvalue weighted by Crippen LogP contribution is 2.68.